The van der Waals surface area contributed by atoms with Crippen LogP contribution < -0.4 is 4.74 Å². The lowest BCUT2D eigenvalue weighted by Crippen LogP contribution is -2.36. The fourth-order valence-electron chi connectivity index (χ4n) is 2.95. The number of hydrogen-bond acceptors (Lipinski definition) is 5. The van der Waals surface area contributed by atoms with Gasteiger partial charge in [-0.1, -0.05) is 18.2 Å². The van der Waals surface area contributed by atoms with Gasteiger partial charge >= 0.3 is 5.97 Å². The van der Waals surface area contributed by atoms with Crippen LogP contribution in [0, 0.1) is 5.82 Å². The summed E-state index contributed by atoms with van der Waals surface area (Å²) in [4.78, 5) is 13.8. The second kappa shape index (κ2) is 8.97. The van der Waals surface area contributed by atoms with E-state index in [-0.39, 0.29) is 12.4 Å². The first-order chi connectivity index (χ1) is 13.0. The van der Waals surface area contributed by atoms with Crippen LogP contribution in [0.15, 0.2) is 48.5 Å². The SMILES string of the molecule is COC(=O)c1cccc(OCC(O)CN(Cc2ccc(F)cc2)C2CC2)c1. The lowest BCUT2D eigenvalue weighted by atomic mass is 10.2. The molecule has 2 aromatic carbocycles. The molecule has 5 nitrogen and oxygen atoms in total. The van der Waals surface area contributed by atoms with Crippen LogP contribution in [0.1, 0.15) is 28.8 Å². The van der Waals surface area contributed by atoms with Crippen molar-refractivity contribution in [3.8, 4) is 5.75 Å². The molecule has 1 saturated carbocycles. The van der Waals surface area contributed by atoms with Crippen molar-refractivity contribution in [2.75, 3.05) is 20.3 Å². The second-order valence-corrected chi connectivity index (χ2v) is 6.77. The molecular formula is C21H24FNO4. The summed E-state index contributed by atoms with van der Waals surface area (Å²) in [6.07, 6.45) is 1.54. The summed E-state index contributed by atoms with van der Waals surface area (Å²) in [5.41, 5.74) is 1.42. The van der Waals surface area contributed by atoms with Gasteiger partial charge in [0, 0.05) is 19.1 Å². The molecular weight excluding hydrogens is 349 g/mol. The van der Waals surface area contributed by atoms with Gasteiger partial charge in [-0.15, -0.1) is 0 Å². The lowest BCUT2D eigenvalue weighted by Gasteiger charge is -2.25. The van der Waals surface area contributed by atoms with E-state index in [1.54, 1.807) is 36.4 Å². The highest BCUT2D eigenvalue weighted by Gasteiger charge is 2.30. The Hall–Kier alpha value is -2.44. The molecule has 6 heteroatoms. The van der Waals surface area contributed by atoms with Crippen LogP contribution >= 0.6 is 0 Å². The Morgan fingerprint density at radius 1 is 1.26 bits per heavy atom. The Morgan fingerprint density at radius 2 is 2.00 bits per heavy atom. The number of hydrogen-bond donors (Lipinski definition) is 1. The molecule has 0 aliphatic heterocycles. The number of halogens is 1. The normalized spacial score (nSPS) is 14.8. The molecule has 144 valence electrons. The summed E-state index contributed by atoms with van der Waals surface area (Å²) in [6, 6.07) is 13.6. The molecule has 1 fully saturated rings. The van der Waals surface area contributed by atoms with Crippen molar-refractivity contribution in [2.45, 2.75) is 31.5 Å². The van der Waals surface area contributed by atoms with Gasteiger partial charge in [-0.2, -0.15) is 0 Å². The molecule has 0 saturated heterocycles. The fraction of sp³-hybridized carbons (Fsp3) is 0.381. The van der Waals surface area contributed by atoms with Crippen molar-refractivity contribution in [3.05, 3.63) is 65.5 Å². The van der Waals surface area contributed by atoms with Gasteiger partial charge in [-0.25, -0.2) is 9.18 Å². The van der Waals surface area contributed by atoms with Gasteiger partial charge in [0.2, 0.25) is 0 Å². The smallest absolute Gasteiger partial charge is 0.337 e. The Kier molecular flexibility index (Phi) is 6.42. The van der Waals surface area contributed by atoms with Crippen LogP contribution in [0.2, 0.25) is 0 Å². The number of rotatable bonds is 9. The Balaban J connectivity index is 1.53. The van der Waals surface area contributed by atoms with E-state index < -0.39 is 12.1 Å². The first kappa shape index (κ1) is 19.3. The van der Waals surface area contributed by atoms with E-state index in [0.29, 0.717) is 30.4 Å². The van der Waals surface area contributed by atoms with Gasteiger partial charge in [-0.3, -0.25) is 4.90 Å². The fourth-order valence-corrected chi connectivity index (χ4v) is 2.95. The van der Waals surface area contributed by atoms with Crippen molar-refractivity contribution in [1.82, 2.24) is 4.90 Å². The monoisotopic (exact) mass is 373 g/mol. The highest BCUT2D eigenvalue weighted by molar-refractivity contribution is 5.89. The van der Waals surface area contributed by atoms with Gasteiger partial charge in [0.05, 0.1) is 12.7 Å². The molecule has 0 bridgehead atoms. The third-order valence-electron chi connectivity index (χ3n) is 4.50. The second-order valence-electron chi connectivity index (χ2n) is 6.77. The Morgan fingerprint density at radius 3 is 2.67 bits per heavy atom. The molecule has 0 spiro atoms. The van der Waals surface area contributed by atoms with E-state index in [1.165, 1.54) is 19.2 Å². The molecule has 0 heterocycles. The molecule has 2 aromatic rings. The third kappa shape index (κ3) is 5.77. The van der Waals surface area contributed by atoms with Crippen molar-refractivity contribution in [1.29, 1.82) is 0 Å². The average molecular weight is 373 g/mol. The molecule has 1 atom stereocenters. The molecule has 0 amide bonds. The van der Waals surface area contributed by atoms with E-state index in [0.717, 1.165) is 18.4 Å². The number of benzene rings is 2. The lowest BCUT2D eigenvalue weighted by molar-refractivity contribution is 0.0595. The molecule has 0 radical (unpaired) electrons. The standard InChI is InChI=1S/C21H24FNO4/c1-26-21(25)16-3-2-4-20(11-16)27-14-19(24)13-23(18-9-10-18)12-15-5-7-17(22)8-6-15/h2-8,11,18-19,24H,9-10,12-14H2,1H3. The first-order valence-electron chi connectivity index (χ1n) is 9.03. The highest BCUT2D eigenvalue weighted by Crippen LogP contribution is 2.28. The number of esters is 1. The van der Waals surface area contributed by atoms with Gasteiger partial charge in [-0.05, 0) is 48.7 Å². The number of methoxy groups -OCH3 is 1. The molecule has 3 rings (SSSR count). The summed E-state index contributed by atoms with van der Waals surface area (Å²) in [5, 5.41) is 10.4. The number of ether oxygens (including phenoxy) is 2. The molecule has 1 aliphatic rings. The van der Waals surface area contributed by atoms with Crippen LogP contribution in [-0.4, -0.2) is 48.4 Å². The maximum atomic E-state index is 13.1. The van der Waals surface area contributed by atoms with Crippen molar-refractivity contribution < 1.29 is 23.8 Å². The minimum atomic E-state index is -0.673. The van der Waals surface area contributed by atoms with Crippen molar-refractivity contribution >= 4 is 5.97 Å². The average Bonchev–Trinajstić information content (AvgIpc) is 3.52. The highest BCUT2D eigenvalue weighted by atomic mass is 19.1. The zero-order valence-electron chi connectivity index (χ0n) is 15.3. The topological polar surface area (TPSA) is 59.0 Å². The first-order valence-corrected chi connectivity index (χ1v) is 9.03. The van der Waals surface area contributed by atoms with Gasteiger partial charge < -0.3 is 14.6 Å². The zero-order chi connectivity index (χ0) is 19.2. The zero-order valence-corrected chi connectivity index (χ0v) is 15.3. The molecule has 27 heavy (non-hydrogen) atoms. The maximum Gasteiger partial charge on any atom is 0.337 e. The van der Waals surface area contributed by atoms with E-state index in [1.807, 2.05) is 0 Å². The number of carbonyl (C=O) groups excluding carboxylic acids is 1. The summed E-state index contributed by atoms with van der Waals surface area (Å²) in [5.74, 6) is -0.173. The number of aliphatic hydroxyl groups is 1. The van der Waals surface area contributed by atoms with Crippen LogP contribution in [0.5, 0.6) is 5.75 Å². The van der Waals surface area contributed by atoms with Crippen molar-refractivity contribution in [3.63, 3.8) is 0 Å². The number of nitrogens with zero attached hydrogens (tertiary/aromatic N) is 1. The molecule has 1 unspecified atom stereocenters. The predicted molar refractivity (Wildman–Crippen MR) is 99.1 cm³/mol. The summed E-state index contributed by atoms with van der Waals surface area (Å²) in [6.45, 7) is 1.26. The van der Waals surface area contributed by atoms with E-state index in [2.05, 4.69) is 4.90 Å². The van der Waals surface area contributed by atoms with Crippen LogP contribution in [0.25, 0.3) is 0 Å². The maximum absolute atomic E-state index is 13.1. The summed E-state index contributed by atoms with van der Waals surface area (Å²) < 4.78 is 23.4. The molecule has 1 N–H and O–H groups in total. The van der Waals surface area contributed by atoms with E-state index in [4.69, 9.17) is 9.47 Å². The number of aliphatic hydroxyl groups excluding tert-OH is 1. The summed E-state index contributed by atoms with van der Waals surface area (Å²) >= 11 is 0. The van der Waals surface area contributed by atoms with Crippen LogP contribution in [0.4, 0.5) is 4.39 Å². The minimum absolute atomic E-state index is 0.122. The van der Waals surface area contributed by atoms with Crippen LogP contribution in [0.3, 0.4) is 0 Å². The number of carbonyl (C=O) groups is 1. The van der Waals surface area contributed by atoms with Crippen molar-refractivity contribution in [2.24, 2.45) is 0 Å². The quantitative estimate of drug-likeness (QED) is 0.685. The van der Waals surface area contributed by atoms with Gasteiger partial charge in [0.25, 0.3) is 0 Å². The Bertz CT molecular complexity index is 761. The Labute approximate surface area is 158 Å². The van der Waals surface area contributed by atoms with E-state index >= 15 is 0 Å². The molecule has 1 aliphatic carbocycles. The van der Waals surface area contributed by atoms with E-state index in [9.17, 15) is 14.3 Å². The van der Waals surface area contributed by atoms with Gasteiger partial charge in [0.1, 0.15) is 24.3 Å². The van der Waals surface area contributed by atoms with Gasteiger partial charge in [0.15, 0.2) is 0 Å². The predicted octanol–water partition coefficient (Wildman–Crippen LogP) is 3.02. The summed E-state index contributed by atoms with van der Waals surface area (Å²) in [7, 11) is 1.33. The minimum Gasteiger partial charge on any atom is -0.491 e. The van der Waals surface area contributed by atoms with Crippen LogP contribution in [-0.2, 0) is 11.3 Å². The third-order valence-corrected chi connectivity index (χ3v) is 4.50. The molecule has 0 aromatic heterocycles. The largest absolute Gasteiger partial charge is 0.491 e.